The zero-order chi connectivity index (χ0) is 14.8. The maximum atomic E-state index is 12.0. The van der Waals surface area contributed by atoms with Gasteiger partial charge in [0.25, 0.3) is 0 Å². The molecule has 0 amide bonds. The number of benzene rings is 1. The van der Waals surface area contributed by atoms with Crippen LogP contribution in [0.4, 0.5) is 11.4 Å². The van der Waals surface area contributed by atoms with E-state index in [1.54, 1.807) is 12.1 Å². The molecule has 7 heteroatoms. The van der Waals surface area contributed by atoms with E-state index < -0.39 is 10.0 Å². The van der Waals surface area contributed by atoms with Crippen LogP contribution in [0, 0.1) is 5.92 Å². The molecule has 0 aromatic heterocycles. The molecule has 2 rings (SSSR count). The van der Waals surface area contributed by atoms with E-state index >= 15 is 0 Å². The number of anilines is 2. The molecule has 1 aromatic carbocycles. The van der Waals surface area contributed by atoms with Crippen molar-refractivity contribution in [2.45, 2.75) is 24.3 Å². The predicted octanol–water partition coefficient (Wildman–Crippen LogP) is 1.01. The van der Waals surface area contributed by atoms with Crippen LogP contribution in [0.3, 0.4) is 0 Å². The molecule has 2 unspecified atom stereocenters. The van der Waals surface area contributed by atoms with E-state index in [2.05, 4.69) is 10.0 Å². The van der Waals surface area contributed by atoms with Gasteiger partial charge in [0.2, 0.25) is 10.0 Å². The summed E-state index contributed by atoms with van der Waals surface area (Å²) in [6.07, 6.45) is 0.983. The van der Waals surface area contributed by atoms with Crippen molar-refractivity contribution in [1.82, 2.24) is 4.72 Å². The Balaban J connectivity index is 2.27. The van der Waals surface area contributed by atoms with Crippen molar-refractivity contribution >= 4 is 21.4 Å². The first-order chi connectivity index (χ1) is 9.44. The second-order valence-corrected chi connectivity index (χ2v) is 6.87. The molecule has 0 saturated carbocycles. The van der Waals surface area contributed by atoms with Gasteiger partial charge in [0.05, 0.1) is 12.3 Å². The highest BCUT2D eigenvalue weighted by Gasteiger charge is 2.24. The number of nitrogen functional groups attached to an aromatic ring is 1. The molecule has 0 aliphatic carbocycles. The van der Waals surface area contributed by atoms with Gasteiger partial charge in [-0.15, -0.1) is 0 Å². The van der Waals surface area contributed by atoms with Crippen molar-refractivity contribution in [2.75, 3.05) is 31.3 Å². The number of hydrogen-bond donors (Lipinski definition) is 3. The maximum Gasteiger partial charge on any atom is 0.242 e. The minimum absolute atomic E-state index is 0.131. The van der Waals surface area contributed by atoms with Crippen molar-refractivity contribution in [1.29, 1.82) is 0 Å². The van der Waals surface area contributed by atoms with Crippen molar-refractivity contribution in [3.05, 3.63) is 18.2 Å². The Morgan fingerprint density at radius 2 is 2.20 bits per heavy atom. The van der Waals surface area contributed by atoms with Crippen LogP contribution in [-0.2, 0) is 14.8 Å². The fraction of sp³-hybridized carbons (Fsp3) is 0.538. The van der Waals surface area contributed by atoms with Gasteiger partial charge < -0.3 is 15.8 Å². The van der Waals surface area contributed by atoms with E-state index in [1.165, 1.54) is 13.1 Å². The third-order valence-electron chi connectivity index (χ3n) is 3.62. The molecule has 1 saturated heterocycles. The summed E-state index contributed by atoms with van der Waals surface area (Å²) in [5, 5.41) is 3.27. The van der Waals surface area contributed by atoms with Crippen molar-refractivity contribution < 1.29 is 13.2 Å². The zero-order valence-corrected chi connectivity index (χ0v) is 12.5. The van der Waals surface area contributed by atoms with E-state index in [1.807, 2.05) is 6.92 Å². The second-order valence-electron chi connectivity index (χ2n) is 5.02. The van der Waals surface area contributed by atoms with Crippen LogP contribution in [0.25, 0.3) is 0 Å². The van der Waals surface area contributed by atoms with Gasteiger partial charge in [-0.2, -0.15) is 0 Å². The molecule has 1 aliphatic heterocycles. The van der Waals surface area contributed by atoms with Crippen LogP contribution < -0.4 is 15.8 Å². The van der Waals surface area contributed by atoms with Crippen molar-refractivity contribution in [3.8, 4) is 0 Å². The molecule has 1 aromatic rings. The SMILES string of the molecule is CNS(=O)(=O)c1cc(N)ccc1NC(C)C1CCOC1. The van der Waals surface area contributed by atoms with Crippen LogP contribution in [0.1, 0.15) is 13.3 Å². The summed E-state index contributed by atoms with van der Waals surface area (Å²) in [5.74, 6) is 0.387. The Morgan fingerprint density at radius 3 is 2.80 bits per heavy atom. The molecule has 0 bridgehead atoms. The Morgan fingerprint density at radius 1 is 1.45 bits per heavy atom. The highest BCUT2D eigenvalue weighted by molar-refractivity contribution is 7.89. The lowest BCUT2D eigenvalue weighted by Gasteiger charge is -2.22. The summed E-state index contributed by atoms with van der Waals surface area (Å²) in [4.78, 5) is 0.172. The standard InChI is InChI=1S/C13H21N3O3S/c1-9(10-5-6-19-8-10)16-12-4-3-11(14)7-13(12)20(17,18)15-2/h3-4,7,9-10,15-16H,5-6,8,14H2,1-2H3. The highest BCUT2D eigenvalue weighted by atomic mass is 32.2. The molecule has 112 valence electrons. The van der Waals surface area contributed by atoms with E-state index in [9.17, 15) is 8.42 Å². The highest BCUT2D eigenvalue weighted by Crippen LogP contribution is 2.27. The van der Waals surface area contributed by atoms with E-state index in [-0.39, 0.29) is 10.9 Å². The fourth-order valence-electron chi connectivity index (χ4n) is 2.30. The Kier molecular flexibility index (Phi) is 4.52. The van der Waals surface area contributed by atoms with E-state index in [4.69, 9.17) is 10.5 Å². The molecule has 1 aliphatic rings. The first-order valence-corrected chi connectivity index (χ1v) is 8.09. The molecular formula is C13H21N3O3S. The van der Waals surface area contributed by atoms with Gasteiger partial charge in [-0.3, -0.25) is 0 Å². The summed E-state index contributed by atoms with van der Waals surface area (Å²) < 4.78 is 31.8. The zero-order valence-electron chi connectivity index (χ0n) is 11.7. The normalized spacial score (nSPS) is 20.8. The third kappa shape index (κ3) is 3.23. The average molecular weight is 299 g/mol. The molecular weight excluding hydrogens is 278 g/mol. The molecule has 1 fully saturated rings. The topological polar surface area (TPSA) is 93.5 Å². The lowest BCUT2D eigenvalue weighted by Crippen LogP contribution is -2.28. The third-order valence-corrected chi connectivity index (χ3v) is 5.07. The largest absolute Gasteiger partial charge is 0.399 e. The van der Waals surface area contributed by atoms with Gasteiger partial charge in [0.15, 0.2) is 0 Å². The predicted molar refractivity (Wildman–Crippen MR) is 79.1 cm³/mol. The monoisotopic (exact) mass is 299 g/mol. The first-order valence-electron chi connectivity index (χ1n) is 6.61. The van der Waals surface area contributed by atoms with E-state index in [0.29, 0.717) is 23.9 Å². The van der Waals surface area contributed by atoms with Gasteiger partial charge in [-0.05, 0) is 38.6 Å². The summed E-state index contributed by atoms with van der Waals surface area (Å²) in [6.45, 7) is 3.50. The van der Waals surface area contributed by atoms with Gasteiger partial charge in [-0.25, -0.2) is 13.1 Å². The van der Waals surface area contributed by atoms with Gasteiger partial charge in [0.1, 0.15) is 4.90 Å². The number of nitrogens with one attached hydrogen (secondary N) is 2. The maximum absolute atomic E-state index is 12.0. The van der Waals surface area contributed by atoms with Gasteiger partial charge in [0, 0.05) is 24.3 Å². The van der Waals surface area contributed by atoms with Crippen LogP contribution in [-0.4, -0.2) is 34.7 Å². The average Bonchev–Trinajstić information content (AvgIpc) is 2.94. The summed E-state index contributed by atoms with van der Waals surface area (Å²) >= 11 is 0. The number of hydrogen-bond acceptors (Lipinski definition) is 5. The van der Waals surface area contributed by atoms with Crippen molar-refractivity contribution in [3.63, 3.8) is 0 Å². The molecule has 1 heterocycles. The minimum Gasteiger partial charge on any atom is -0.399 e. The Labute approximate surface area is 119 Å². The second kappa shape index (κ2) is 5.99. The van der Waals surface area contributed by atoms with Crippen LogP contribution in [0.5, 0.6) is 0 Å². The first kappa shape index (κ1) is 15.1. The molecule has 0 radical (unpaired) electrons. The summed E-state index contributed by atoms with van der Waals surface area (Å²) in [5.41, 5.74) is 6.67. The summed E-state index contributed by atoms with van der Waals surface area (Å²) in [6, 6.07) is 4.99. The lowest BCUT2D eigenvalue weighted by atomic mass is 10.0. The van der Waals surface area contributed by atoms with Gasteiger partial charge >= 0.3 is 0 Å². The lowest BCUT2D eigenvalue weighted by molar-refractivity contribution is 0.183. The van der Waals surface area contributed by atoms with Crippen LogP contribution >= 0.6 is 0 Å². The number of nitrogens with two attached hydrogens (primary N) is 1. The number of rotatable bonds is 5. The van der Waals surface area contributed by atoms with Crippen molar-refractivity contribution in [2.24, 2.45) is 5.92 Å². The molecule has 4 N–H and O–H groups in total. The number of sulfonamides is 1. The smallest absolute Gasteiger partial charge is 0.242 e. The molecule has 0 spiro atoms. The van der Waals surface area contributed by atoms with Crippen LogP contribution in [0.15, 0.2) is 23.1 Å². The molecule has 2 atom stereocenters. The quantitative estimate of drug-likeness (QED) is 0.706. The van der Waals surface area contributed by atoms with Gasteiger partial charge in [-0.1, -0.05) is 0 Å². The van der Waals surface area contributed by atoms with E-state index in [0.717, 1.165) is 13.0 Å². The molecule has 6 nitrogen and oxygen atoms in total. The minimum atomic E-state index is -3.54. The Bertz CT molecular complexity index is 568. The van der Waals surface area contributed by atoms with Crippen LogP contribution in [0.2, 0.25) is 0 Å². The Hall–Kier alpha value is -1.31. The fourth-order valence-corrected chi connectivity index (χ4v) is 3.23. The summed E-state index contributed by atoms with van der Waals surface area (Å²) in [7, 11) is -2.16. The number of ether oxygens (including phenoxy) is 1. The molecule has 20 heavy (non-hydrogen) atoms.